The van der Waals surface area contributed by atoms with Crippen molar-refractivity contribution in [3.8, 4) is 5.75 Å². The number of halogens is 2. The SMILES string of the molecule is CC(=O)c1ccccc1NC(=O)C1CCCN(C(=O)c2ccccc2OC(F)F)C1. The van der Waals surface area contributed by atoms with E-state index in [-0.39, 0.29) is 29.5 Å². The number of hydrogen-bond acceptors (Lipinski definition) is 4. The fraction of sp³-hybridized carbons (Fsp3) is 0.318. The maximum absolute atomic E-state index is 12.9. The highest BCUT2D eigenvalue weighted by Crippen LogP contribution is 2.26. The van der Waals surface area contributed by atoms with Crippen LogP contribution in [0.5, 0.6) is 5.75 Å². The molecule has 1 fully saturated rings. The Balaban J connectivity index is 1.72. The Hall–Kier alpha value is -3.29. The summed E-state index contributed by atoms with van der Waals surface area (Å²) in [4.78, 5) is 38.9. The van der Waals surface area contributed by atoms with Gasteiger partial charge in [-0.2, -0.15) is 8.78 Å². The molecule has 1 unspecified atom stereocenters. The van der Waals surface area contributed by atoms with Crippen LogP contribution in [0.1, 0.15) is 40.5 Å². The molecule has 1 atom stereocenters. The van der Waals surface area contributed by atoms with Crippen molar-refractivity contribution in [2.75, 3.05) is 18.4 Å². The second kappa shape index (κ2) is 9.47. The van der Waals surface area contributed by atoms with Crippen LogP contribution >= 0.6 is 0 Å². The summed E-state index contributed by atoms with van der Waals surface area (Å²) >= 11 is 0. The molecule has 1 saturated heterocycles. The second-order valence-corrected chi connectivity index (χ2v) is 7.06. The summed E-state index contributed by atoms with van der Waals surface area (Å²) in [6.07, 6.45) is 1.17. The number of hydrogen-bond donors (Lipinski definition) is 1. The third-order valence-electron chi connectivity index (χ3n) is 4.98. The smallest absolute Gasteiger partial charge is 0.387 e. The van der Waals surface area contributed by atoms with E-state index in [1.54, 1.807) is 30.3 Å². The highest BCUT2D eigenvalue weighted by molar-refractivity contribution is 6.04. The predicted molar refractivity (Wildman–Crippen MR) is 107 cm³/mol. The number of amides is 2. The number of alkyl halides is 2. The first-order valence-electron chi connectivity index (χ1n) is 9.60. The first-order valence-corrected chi connectivity index (χ1v) is 9.60. The molecule has 1 aliphatic rings. The van der Waals surface area contributed by atoms with Crippen molar-refractivity contribution in [1.82, 2.24) is 4.90 Å². The summed E-state index contributed by atoms with van der Waals surface area (Å²) in [6.45, 7) is -1.06. The van der Waals surface area contributed by atoms with Crippen LogP contribution in [0.25, 0.3) is 0 Å². The molecule has 0 aliphatic carbocycles. The molecule has 1 N–H and O–H groups in total. The fourth-order valence-corrected chi connectivity index (χ4v) is 3.52. The van der Waals surface area contributed by atoms with E-state index in [9.17, 15) is 23.2 Å². The molecular formula is C22H22F2N2O4. The zero-order chi connectivity index (χ0) is 21.7. The minimum atomic E-state index is -3.04. The van der Waals surface area contributed by atoms with Crippen molar-refractivity contribution in [2.24, 2.45) is 5.92 Å². The Morgan fingerprint density at radius 3 is 2.43 bits per heavy atom. The number of nitrogens with zero attached hydrogens (tertiary/aromatic N) is 1. The molecule has 8 heteroatoms. The summed E-state index contributed by atoms with van der Waals surface area (Å²) in [5, 5.41) is 2.78. The first kappa shape index (κ1) is 21.4. The minimum Gasteiger partial charge on any atom is -0.434 e. The molecule has 1 heterocycles. The quantitative estimate of drug-likeness (QED) is 0.723. The Labute approximate surface area is 172 Å². The van der Waals surface area contributed by atoms with Gasteiger partial charge in [0.2, 0.25) is 5.91 Å². The number of para-hydroxylation sites is 2. The second-order valence-electron chi connectivity index (χ2n) is 7.06. The minimum absolute atomic E-state index is 0.0285. The number of piperidine rings is 1. The van der Waals surface area contributed by atoms with E-state index in [0.717, 1.165) is 0 Å². The number of ether oxygens (including phenoxy) is 1. The number of ketones is 1. The zero-order valence-electron chi connectivity index (χ0n) is 16.4. The Bertz CT molecular complexity index is 948. The van der Waals surface area contributed by atoms with Crippen molar-refractivity contribution in [3.63, 3.8) is 0 Å². The Morgan fingerprint density at radius 1 is 1.07 bits per heavy atom. The van der Waals surface area contributed by atoms with Gasteiger partial charge in [0.1, 0.15) is 5.75 Å². The van der Waals surface area contributed by atoms with Gasteiger partial charge in [0.25, 0.3) is 5.91 Å². The summed E-state index contributed by atoms with van der Waals surface area (Å²) < 4.78 is 29.7. The van der Waals surface area contributed by atoms with Crippen molar-refractivity contribution in [2.45, 2.75) is 26.4 Å². The molecular weight excluding hydrogens is 394 g/mol. The molecule has 0 bridgehead atoms. The molecule has 0 spiro atoms. The molecule has 0 saturated carbocycles. The first-order chi connectivity index (χ1) is 14.4. The lowest BCUT2D eigenvalue weighted by molar-refractivity contribution is -0.121. The number of likely N-dealkylation sites (tertiary alicyclic amines) is 1. The molecule has 2 amide bonds. The summed E-state index contributed by atoms with van der Waals surface area (Å²) in [7, 11) is 0. The van der Waals surface area contributed by atoms with Gasteiger partial charge in [0.05, 0.1) is 17.2 Å². The molecule has 0 radical (unpaired) electrons. The maximum Gasteiger partial charge on any atom is 0.387 e. The van der Waals surface area contributed by atoms with Crippen LogP contribution in [-0.2, 0) is 4.79 Å². The lowest BCUT2D eigenvalue weighted by atomic mass is 9.96. The highest BCUT2D eigenvalue weighted by atomic mass is 19.3. The van der Waals surface area contributed by atoms with Crippen LogP contribution in [-0.4, -0.2) is 42.2 Å². The summed E-state index contributed by atoms with van der Waals surface area (Å²) in [6, 6.07) is 12.5. The summed E-state index contributed by atoms with van der Waals surface area (Å²) in [5.41, 5.74) is 0.863. The Kier molecular flexibility index (Phi) is 6.76. The standard InChI is InChI=1S/C22H22F2N2O4/c1-14(27)16-8-2-4-10-18(16)25-20(28)15-7-6-12-26(13-15)21(29)17-9-3-5-11-19(17)30-22(23)24/h2-5,8-11,15,22H,6-7,12-13H2,1H3,(H,25,28). The fourth-order valence-electron chi connectivity index (χ4n) is 3.52. The van der Waals surface area contributed by atoms with Gasteiger partial charge >= 0.3 is 6.61 Å². The molecule has 0 aromatic heterocycles. The summed E-state index contributed by atoms with van der Waals surface area (Å²) in [5.74, 6) is -1.60. The van der Waals surface area contributed by atoms with Crippen molar-refractivity contribution in [3.05, 3.63) is 59.7 Å². The van der Waals surface area contributed by atoms with Gasteiger partial charge in [-0.15, -0.1) is 0 Å². The normalized spacial score (nSPS) is 16.3. The molecule has 2 aromatic rings. The van der Waals surface area contributed by atoms with E-state index in [1.807, 2.05) is 0 Å². The number of anilines is 1. The van der Waals surface area contributed by atoms with Crippen molar-refractivity contribution < 1.29 is 27.9 Å². The zero-order valence-corrected chi connectivity index (χ0v) is 16.4. The average Bonchev–Trinajstić information content (AvgIpc) is 2.73. The molecule has 3 rings (SSSR count). The van der Waals surface area contributed by atoms with E-state index >= 15 is 0 Å². The molecule has 2 aromatic carbocycles. The molecule has 6 nitrogen and oxygen atoms in total. The van der Waals surface area contributed by atoms with E-state index in [0.29, 0.717) is 30.6 Å². The van der Waals surface area contributed by atoms with Gasteiger partial charge in [-0.3, -0.25) is 14.4 Å². The van der Waals surface area contributed by atoms with E-state index < -0.39 is 18.4 Å². The van der Waals surface area contributed by atoms with Gasteiger partial charge < -0.3 is 15.0 Å². The van der Waals surface area contributed by atoms with Crippen LogP contribution in [0.3, 0.4) is 0 Å². The van der Waals surface area contributed by atoms with Gasteiger partial charge in [0.15, 0.2) is 5.78 Å². The van der Waals surface area contributed by atoms with E-state index in [4.69, 9.17) is 0 Å². The van der Waals surface area contributed by atoms with Crippen molar-refractivity contribution in [1.29, 1.82) is 0 Å². The number of rotatable bonds is 6. The van der Waals surface area contributed by atoms with Gasteiger partial charge in [0, 0.05) is 18.7 Å². The van der Waals surface area contributed by atoms with Gasteiger partial charge in [-0.05, 0) is 44.0 Å². The Morgan fingerprint density at radius 2 is 1.73 bits per heavy atom. The number of Topliss-reactive ketones (excluding diaryl/α,β-unsaturated/α-hetero) is 1. The number of carbonyl (C=O) groups is 3. The number of carbonyl (C=O) groups excluding carboxylic acids is 3. The van der Waals surface area contributed by atoms with Crippen LogP contribution in [0.4, 0.5) is 14.5 Å². The third kappa shape index (κ3) is 5.00. The van der Waals surface area contributed by atoms with Crippen LogP contribution in [0.15, 0.2) is 48.5 Å². The molecule has 158 valence electrons. The largest absolute Gasteiger partial charge is 0.434 e. The van der Waals surface area contributed by atoms with E-state index in [1.165, 1.54) is 30.0 Å². The van der Waals surface area contributed by atoms with Crippen molar-refractivity contribution >= 4 is 23.3 Å². The molecule has 1 aliphatic heterocycles. The monoisotopic (exact) mass is 416 g/mol. The highest BCUT2D eigenvalue weighted by Gasteiger charge is 2.30. The average molecular weight is 416 g/mol. The lowest BCUT2D eigenvalue weighted by Crippen LogP contribution is -2.44. The topological polar surface area (TPSA) is 75.7 Å². The van der Waals surface area contributed by atoms with Crippen LogP contribution < -0.4 is 10.1 Å². The van der Waals surface area contributed by atoms with E-state index in [2.05, 4.69) is 10.1 Å². The third-order valence-corrected chi connectivity index (χ3v) is 4.98. The maximum atomic E-state index is 12.9. The van der Waals surface area contributed by atoms with Gasteiger partial charge in [-0.1, -0.05) is 24.3 Å². The van der Waals surface area contributed by atoms with Crippen LogP contribution in [0.2, 0.25) is 0 Å². The number of benzene rings is 2. The van der Waals surface area contributed by atoms with Gasteiger partial charge in [-0.25, -0.2) is 0 Å². The predicted octanol–water partition coefficient (Wildman–Crippen LogP) is 3.98. The lowest BCUT2D eigenvalue weighted by Gasteiger charge is -2.32. The molecule has 30 heavy (non-hydrogen) atoms. The van der Waals surface area contributed by atoms with Crippen LogP contribution in [0, 0.1) is 5.92 Å². The number of nitrogens with one attached hydrogen (secondary N) is 1.